The monoisotopic (exact) mass is 504 g/mol. The number of aromatic nitrogens is 2. The predicted octanol–water partition coefficient (Wildman–Crippen LogP) is 9.29. The van der Waals surface area contributed by atoms with Crippen LogP contribution in [0.15, 0.2) is 114 Å². The molecule has 0 N–H and O–H groups in total. The van der Waals surface area contributed by atoms with Gasteiger partial charge in [-0.1, -0.05) is 86.6 Å². The van der Waals surface area contributed by atoms with Crippen LogP contribution in [0, 0.1) is 0 Å². The number of hydrogen-bond acceptors (Lipinski definition) is 4. The second kappa shape index (κ2) is 8.02. The molecule has 39 heavy (non-hydrogen) atoms. The van der Waals surface area contributed by atoms with Crippen molar-refractivity contribution in [2.24, 2.45) is 0 Å². The van der Waals surface area contributed by atoms with Crippen LogP contribution in [0.4, 0.5) is 0 Å². The van der Waals surface area contributed by atoms with Crippen LogP contribution in [0.1, 0.15) is 25.0 Å². The van der Waals surface area contributed by atoms with E-state index in [1.165, 1.54) is 5.56 Å². The summed E-state index contributed by atoms with van der Waals surface area (Å²) in [6, 6.07) is 37.2. The molecule has 4 heteroatoms. The van der Waals surface area contributed by atoms with Gasteiger partial charge >= 0.3 is 0 Å². The number of para-hydroxylation sites is 3. The van der Waals surface area contributed by atoms with Crippen molar-refractivity contribution in [3.8, 4) is 34.1 Å². The van der Waals surface area contributed by atoms with Crippen molar-refractivity contribution in [2.45, 2.75) is 19.3 Å². The van der Waals surface area contributed by atoms with E-state index in [0.717, 1.165) is 66.7 Å². The van der Waals surface area contributed by atoms with Gasteiger partial charge in [-0.2, -0.15) is 0 Å². The van der Waals surface area contributed by atoms with Gasteiger partial charge in [-0.15, -0.1) is 0 Å². The predicted molar refractivity (Wildman–Crippen MR) is 156 cm³/mol. The van der Waals surface area contributed by atoms with Gasteiger partial charge in [0.05, 0.1) is 11.2 Å². The van der Waals surface area contributed by atoms with Crippen molar-refractivity contribution in [1.29, 1.82) is 0 Å². The molecule has 4 nitrogen and oxygen atoms in total. The van der Waals surface area contributed by atoms with E-state index in [2.05, 4.69) is 74.5 Å². The summed E-state index contributed by atoms with van der Waals surface area (Å²) in [5.41, 5.74) is 7.59. The van der Waals surface area contributed by atoms with Crippen molar-refractivity contribution in [1.82, 2.24) is 9.97 Å². The van der Waals surface area contributed by atoms with E-state index < -0.39 is 0 Å². The molecule has 5 aromatic carbocycles. The summed E-state index contributed by atoms with van der Waals surface area (Å²) in [4.78, 5) is 10.1. The zero-order chi connectivity index (χ0) is 26.1. The summed E-state index contributed by atoms with van der Waals surface area (Å²) in [5, 5.41) is 3.22. The van der Waals surface area contributed by atoms with Crippen molar-refractivity contribution >= 4 is 32.8 Å². The lowest BCUT2D eigenvalue weighted by Crippen LogP contribution is -2.24. The Morgan fingerprint density at radius 3 is 2.21 bits per heavy atom. The van der Waals surface area contributed by atoms with Gasteiger partial charge in [-0.05, 0) is 36.4 Å². The molecule has 7 aromatic rings. The zero-order valence-electron chi connectivity index (χ0n) is 21.6. The molecular weight excluding hydrogens is 480 g/mol. The maximum Gasteiger partial charge on any atom is 0.160 e. The van der Waals surface area contributed by atoms with E-state index in [0.29, 0.717) is 5.82 Å². The average Bonchev–Trinajstić information content (AvgIpc) is 3.34. The van der Waals surface area contributed by atoms with E-state index in [1.54, 1.807) is 0 Å². The molecule has 0 spiro atoms. The number of benzene rings is 5. The molecule has 1 aliphatic heterocycles. The summed E-state index contributed by atoms with van der Waals surface area (Å²) >= 11 is 0. The Labute approximate surface area is 225 Å². The Balaban J connectivity index is 1.30. The van der Waals surface area contributed by atoms with Gasteiger partial charge < -0.3 is 9.15 Å². The van der Waals surface area contributed by atoms with Crippen LogP contribution >= 0.6 is 0 Å². The fourth-order valence-electron chi connectivity index (χ4n) is 5.90. The first-order valence-corrected chi connectivity index (χ1v) is 13.2. The van der Waals surface area contributed by atoms with Gasteiger partial charge in [0.15, 0.2) is 5.82 Å². The molecule has 0 saturated heterocycles. The highest BCUT2D eigenvalue weighted by atomic mass is 16.5. The maximum absolute atomic E-state index is 6.39. The molecule has 2 aromatic heterocycles. The Hall–Kier alpha value is -4.96. The van der Waals surface area contributed by atoms with Crippen molar-refractivity contribution in [3.63, 3.8) is 0 Å². The van der Waals surface area contributed by atoms with Crippen LogP contribution in [0.5, 0.6) is 11.5 Å². The van der Waals surface area contributed by atoms with E-state index in [1.807, 2.05) is 48.5 Å². The summed E-state index contributed by atoms with van der Waals surface area (Å²) in [6.07, 6.45) is 0. The lowest BCUT2D eigenvalue weighted by Gasteiger charge is -2.34. The smallest absolute Gasteiger partial charge is 0.160 e. The normalized spacial score (nSPS) is 13.8. The fourth-order valence-corrected chi connectivity index (χ4v) is 5.90. The van der Waals surface area contributed by atoms with Gasteiger partial charge in [0.1, 0.15) is 22.7 Å². The van der Waals surface area contributed by atoms with Crippen molar-refractivity contribution in [2.75, 3.05) is 0 Å². The highest BCUT2D eigenvalue weighted by Gasteiger charge is 2.34. The molecule has 0 radical (unpaired) electrons. The van der Waals surface area contributed by atoms with E-state index >= 15 is 0 Å². The highest BCUT2D eigenvalue weighted by molar-refractivity contribution is 6.06. The molecule has 0 amide bonds. The fraction of sp³-hybridized carbons (Fsp3) is 0.0857. The summed E-state index contributed by atoms with van der Waals surface area (Å²) < 4.78 is 12.6. The number of fused-ring (bicyclic) bond motifs is 6. The van der Waals surface area contributed by atoms with Crippen LogP contribution in [0.3, 0.4) is 0 Å². The molecule has 0 unspecified atom stereocenters. The third kappa shape index (κ3) is 3.31. The molecule has 0 saturated carbocycles. The Bertz CT molecular complexity index is 2090. The molecule has 3 heterocycles. The Morgan fingerprint density at radius 1 is 0.564 bits per heavy atom. The lowest BCUT2D eigenvalue weighted by molar-refractivity contribution is 0.418. The molecule has 8 rings (SSSR count). The van der Waals surface area contributed by atoms with Crippen molar-refractivity contribution in [3.05, 3.63) is 120 Å². The van der Waals surface area contributed by atoms with Crippen LogP contribution < -0.4 is 4.74 Å². The number of nitrogens with zero attached hydrogens (tertiary/aromatic N) is 2. The topological polar surface area (TPSA) is 48.2 Å². The largest absolute Gasteiger partial charge is 0.457 e. The highest BCUT2D eigenvalue weighted by Crippen LogP contribution is 2.48. The minimum atomic E-state index is -0.167. The quantitative estimate of drug-likeness (QED) is 0.235. The molecule has 1 aliphatic rings. The van der Waals surface area contributed by atoms with Gasteiger partial charge in [0.25, 0.3) is 0 Å². The second-order valence-electron chi connectivity index (χ2n) is 10.7. The van der Waals surface area contributed by atoms with E-state index in [9.17, 15) is 0 Å². The lowest BCUT2D eigenvalue weighted by atomic mass is 9.75. The summed E-state index contributed by atoms with van der Waals surface area (Å²) in [5.74, 6) is 2.40. The first-order valence-electron chi connectivity index (χ1n) is 13.2. The first-order chi connectivity index (χ1) is 19.1. The molecule has 0 aliphatic carbocycles. The second-order valence-corrected chi connectivity index (χ2v) is 10.7. The van der Waals surface area contributed by atoms with Gasteiger partial charge in [0, 0.05) is 43.8 Å². The molecule has 0 bridgehead atoms. The molecular formula is C35H24N2O2. The zero-order valence-corrected chi connectivity index (χ0v) is 21.6. The van der Waals surface area contributed by atoms with Crippen LogP contribution in [0.25, 0.3) is 55.5 Å². The minimum Gasteiger partial charge on any atom is -0.457 e. The maximum atomic E-state index is 6.39. The molecule has 0 atom stereocenters. The van der Waals surface area contributed by atoms with Crippen molar-refractivity contribution < 1.29 is 9.15 Å². The number of rotatable bonds is 2. The van der Waals surface area contributed by atoms with Gasteiger partial charge in [0.2, 0.25) is 0 Å². The molecule has 0 fully saturated rings. The van der Waals surface area contributed by atoms with Gasteiger partial charge in [-0.3, -0.25) is 0 Å². The Morgan fingerprint density at radius 2 is 1.28 bits per heavy atom. The molecule has 186 valence electrons. The van der Waals surface area contributed by atoms with Crippen LogP contribution in [0.2, 0.25) is 0 Å². The van der Waals surface area contributed by atoms with E-state index in [-0.39, 0.29) is 5.41 Å². The number of hydrogen-bond donors (Lipinski definition) is 0. The first kappa shape index (κ1) is 22.1. The Kier molecular flexibility index (Phi) is 4.54. The third-order valence-corrected chi connectivity index (χ3v) is 7.95. The minimum absolute atomic E-state index is 0.167. The standard InChI is InChI=1S/C35H24N2O2/c1-35(2)26-11-5-8-14-30(26)39-32-20-22(16-18-27(32)35)34-36-28-12-6-3-10-25(28)33(37-34)21-15-17-24-23-9-4-7-13-29(23)38-31(24)19-21/h3-20H,1-2H3. The van der Waals surface area contributed by atoms with Crippen LogP contribution in [-0.4, -0.2) is 9.97 Å². The van der Waals surface area contributed by atoms with Crippen LogP contribution in [-0.2, 0) is 5.41 Å². The van der Waals surface area contributed by atoms with E-state index in [4.69, 9.17) is 19.1 Å². The van der Waals surface area contributed by atoms with Gasteiger partial charge in [-0.25, -0.2) is 9.97 Å². The number of furan rings is 1. The SMILES string of the molecule is CC1(C)c2ccccc2Oc2cc(-c3nc(-c4ccc5c(c4)oc4ccccc45)c4ccccc4n3)ccc21. The average molecular weight is 505 g/mol. The summed E-state index contributed by atoms with van der Waals surface area (Å²) in [6.45, 7) is 4.48. The number of ether oxygens (including phenoxy) is 1. The third-order valence-electron chi connectivity index (χ3n) is 7.95. The summed E-state index contributed by atoms with van der Waals surface area (Å²) in [7, 11) is 0.